The summed E-state index contributed by atoms with van der Waals surface area (Å²) in [6, 6.07) is 8.94. The van der Waals surface area contributed by atoms with Crippen molar-refractivity contribution in [3.05, 3.63) is 29.8 Å². The topological polar surface area (TPSA) is 21.3 Å². The third kappa shape index (κ3) is 4.13. The molecule has 0 radical (unpaired) electrons. The Morgan fingerprint density at radius 2 is 2.18 bits per heavy atom. The summed E-state index contributed by atoms with van der Waals surface area (Å²) in [6.45, 7) is 1.60. The van der Waals surface area contributed by atoms with Crippen LogP contribution < -0.4 is 10.1 Å². The minimum atomic E-state index is 0.699. The van der Waals surface area contributed by atoms with Gasteiger partial charge in [0.05, 0.1) is 6.61 Å². The summed E-state index contributed by atoms with van der Waals surface area (Å²) >= 11 is 0. The van der Waals surface area contributed by atoms with Gasteiger partial charge in [0.25, 0.3) is 0 Å². The highest BCUT2D eigenvalue weighted by Gasteiger charge is 2.20. The van der Waals surface area contributed by atoms with E-state index in [1.807, 2.05) is 12.1 Å². The summed E-state index contributed by atoms with van der Waals surface area (Å²) in [5, 5.41) is 3.50. The highest BCUT2D eigenvalue weighted by molar-refractivity contribution is 5.33. The van der Waals surface area contributed by atoms with Crippen LogP contribution in [-0.2, 0) is 6.54 Å². The summed E-state index contributed by atoms with van der Waals surface area (Å²) in [7, 11) is 0. The van der Waals surface area contributed by atoms with E-state index >= 15 is 0 Å². The van der Waals surface area contributed by atoms with Gasteiger partial charge in [0.2, 0.25) is 0 Å². The van der Waals surface area contributed by atoms with Gasteiger partial charge in [-0.2, -0.15) is 0 Å². The number of benzene rings is 1. The molecule has 2 heteroatoms. The van der Waals surface area contributed by atoms with Crippen LogP contribution in [0.25, 0.3) is 0 Å². The molecule has 2 nitrogen and oxygen atoms in total. The molecule has 1 aromatic carbocycles. The summed E-state index contributed by atoms with van der Waals surface area (Å²) in [5.74, 6) is 3.61. The number of nitrogens with one attached hydrogen (secondary N) is 1. The predicted octanol–water partition coefficient (Wildman–Crippen LogP) is 2.73. The van der Waals surface area contributed by atoms with Gasteiger partial charge in [0, 0.05) is 24.6 Å². The zero-order chi connectivity index (χ0) is 11.9. The molecule has 1 fully saturated rings. The number of ether oxygens (including phenoxy) is 1. The quantitative estimate of drug-likeness (QED) is 0.573. The van der Waals surface area contributed by atoms with Crippen LogP contribution in [0.4, 0.5) is 0 Å². The first kappa shape index (κ1) is 12.0. The molecule has 1 aromatic rings. The van der Waals surface area contributed by atoms with Crippen molar-refractivity contribution in [2.75, 3.05) is 6.61 Å². The van der Waals surface area contributed by atoms with Crippen LogP contribution in [0.2, 0.25) is 0 Å². The smallest absolute Gasteiger partial charge is 0.123 e. The molecule has 2 rings (SSSR count). The summed E-state index contributed by atoms with van der Waals surface area (Å²) < 4.78 is 5.76. The number of hydrogen-bond donors (Lipinski definition) is 1. The lowest BCUT2D eigenvalue weighted by atomic mass is 10.2. The molecule has 1 saturated carbocycles. The predicted molar refractivity (Wildman–Crippen MR) is 69.9 cm³/mol. The van der Waals surface area contributed by atoms with Crippen molar-refractivity contribution >= 4 is 0 Å². The lowest BCUT2D eigenvalue weighted by molar-refractivity contribution is 0.309. The molecule has 0 aliphatic heterocycles. The fourth-order valence-corrected chi connectivity index (χ4v) is 1.69. The van der Waals surface area contributed by atoms with Crippen LogP contribution in [0, 0.1) is 12.3 Å². The van der Waals surface area contributed by atoms with Crippen molar-refractivity contribution in [1.82, 2.24) is 5.32 Å². The molecule has 90 valence electrons. The maximum atomic E-state index is 5.76. The molecule has 17 heavy (non-hydrogen) atoms. The SMILES string of the molecule is C#CCCCOc1ccccc1CNC1CC1. The molecule has 0 spiro atoms. The van der Waals surface area contributed by atoms with E-state index in [0.29, 0.717) is 6.61 Å². The van der Waals surface area contributed by atoms with Gasteiger partial charge in [-0.25, -0.2) is 0 Å². The molecule has 0 heterocycles. The van der Waals surface area contributed by atoms with Crippen molar-refractivity contribution < 1.29 is 4.74 Å². The fourth-order valence-electron chi connectivity index (χ4n) is 1.69. The minimum Gasteiger partial charge on any atom is -0.493 e. The van der Waals surface area contributed by atoms with Crippen molar-refractivity contribution in [2.24, 2.45) is 0 Å². The first-order valence-corrected chi connectivity index (χ1v) is 6.27. The van der Waals surface area contributed by atoms with Crippen LogP contribution >= 0.6 is 0 Å². The zero-order valence-electron chi connectivity index (χ0n) is 10.1. The molecule has 0 saturated heterocycles. The lowest BCUT2D eigenvalue weighted by Crippen LogP contribution is -2.16. The largest absolute Gasteiger partial charge is 0.493 e. The van der Waals surface area contributed by atoms with E-state index in [1.165, 1.54) is 18.4 Å². The number of terminal acetylenes is 1. The third-order valence-corrected chi connectivity index (χ3v) is 2.85. The molecule has 1 aliphatic rings. The molecule has 0 bridgehead atoms. The summed E-state index contributed by atoms with van der Waals surface area (Å²) in [4.78, 5) is 0. The van der Waals surface area contributed by atoms with E-state index in [2.05, 4.69) is 23.4 Å². The average Bonchev–Trinajstić information content (AvgIpc) is 3.17. The second kappa shape index (κ2) is 6.32. The van der Waals surface area contributed by atoms with Crippen LogP contribution in [0.15, 0.2) is 24.3 Å². The number of para-hydroxylation sites is 1. The average molecular weight is 229 g/mol. The molecule has 0 amide bonds. The van der Waals surface area contributed by atoms with Gasteiger partial charge < -0.3 is 10.1 Å². The molecule has 1 N–H and O–H groups in total. The Hall–Kier alpha value is -1.46. The standard InChI is InChI=1S/C15H19NO/c1-2-3-6-11-17-15-8-5-4-7-13(15)12-16-14-9-10-14/h1,4-5,7-8,14,16H,3,6,9-12H2. The Labute approximate surface area is 103 Å². The van der Waals surface area contributed by atoms with Gasteiger partial charge in [0.15, 0.2) is 0 Å². The zero-order valence-corrected chi connectivity index (χ0v) is 10.1. The van der Waals surface area contributed by atoms with Crippen LogP contribution in [-0.4, -0.2) is 12.6 Å². The Morgan fingerprint density at radius 3 is 2.94 bits per heavy atom. The van der Waals surface area contributed by atoms with E-state index in [1.54, 1.807) is 0 Å². The number of hydrogen-bond acceptors (Lipinski definition) is 2. The van der Waals surface area contributed by atoms with Crippen molar-refractivity contribution in [1.29, 1.82) is 0 Å². The summed E-state index contributed by atoms with van der Waals surface area (Å²) in [6.07, 6.45) is 9.53. The first-order valence-electron chi connectivity index (χ1n) is 6.27. The Morgan fingerprint density at radius 1 is 1.35 bits per heavy atom. The van der Waals surface area contributed by atoms with E-state index in [-0.39, 0.29) is 0 Å². The van der Waals surface area contributed by atoms with Crippen molar-refractivity contribution in [3.8, 4) is 18.1 Å². The monoisotopic (exact) mass is 229 g/mol. The van der Waals surface area contributed by atoms with Gasteiger partial charge in [0.1, 0.15) is 5.75 Å². The molecule has 0 aromatic heterocycles. The van der Waals surface area contributed by atoms with Crippen molar-refractivity contribution in [3.63, 3.8) is 0 Å². The maximum absolute atomic E-state index is 5.76. The highest BCUT2D eigenvalue weighted by atomic mass is 16.5. The Kier molecular flexibility index (Phi) is 4.46. The lowest BCUT2D eigenvalue weighted by Gasteiger charge is -2.11. The van der Waals surface area contributed by atoms with E-state index in [9.17, 15) is 0 Å². The molecule has 0 atom stereocenters. The fraction of sp³-hybridized carbons (Fsp3) is 0.467. The third-order valence-electron chi connectivity index (χ3n) is 2.85. The maximum Gasteiger partial charge on any atom is 0.123 e. The normalized spacial score (nSPS) is 14.3. The van der Waals surface area contributed by atoms with Crippen LogP contribution in [0.1, 0.15) is 31.2 Å². The second-order valence-corrected chi connectivity index (χ2v) is 4.42. The number of rotatable bonds is 7. The van der Waals surface area contributed by atoms with Gasteiger partial charge in [-0.1, -0.05) is 18.2 Å². The second-order valence-electron chi connectivity index (χ2n) is 4.42. The molecular weight excluding hydrogens is 210 g/mol. The van der Waals surface area contributed by atoms with E-state index in [0.717, 1.165) is 31.2 Å². The van der Waals surface area contributed by atoms with Gasteiger partial charge in [-0.05, 0) is 25.3 Å². The Bertz CT molecular complexity index is 390. The minimum absolute atomic E-state index is 0.699. The first-order chi connectivity index (χ1) is 8.40. The highest BCUT2D eigenvalue weighted by Crippen LogP contribution is 2.22. The molecule has 0 unspecified atom stereocenters. The summed E-state index contributed by atoms with van der Waals surface area (Å²) in [5.41, 5.74) is 1.24. The van der Waals surface area contributed by atoms with Crippen molar-refractivity contribution in [2.45, 2.75) is 38.3 Å². The number of unbranched alkanes of at least 4 members (excludes halogenated alkanes) is 1. The Balaban J connectivity index is 1.83. The van der Waals surface area contributed by atoms with Crippen LogP contribution in [0.5, 0.6) is 5.75 Å². The van der Waals surface area contributed by atoms with Gasteiger partial charge >= 0.3 is 0 Å². The van der Waals surface area contributed by atoms with E-state index in [4.69, 9.17) is 11.2 Å². The van der Waals surface area contributed by atoms with E-state index < -0.39 is 0 Å². The molecule has 1 aliphatic carbocycles. The van der Waals surface area contributed by atoms with Gasteiger partial charge in [-0.3, -0.25) is 0 Å². The molecular formula is C15H19NO. The van der Waals surface area contributed by atoms with Crippen LogP contribution in [0.3, 0.4) is 0 Å². The van der Waals surface area contributed by atoms with Gasteiger partial charge in [-0.15, -0.1) is 12.3 Å².